The Morgan fingerprint density at radius 1 is 1.40 bits per heavy atom. The van der Waals surface area contributed by atoms with E-state index in [4.69, 9.17) is 24.2 Å². The normalized spacial score (nSPS) is 19.1. The SMILES string of the molecule is CCOCC1CN(Cc2ccoc2)Cc2nn(CC3CC3)cc21.O=C(O)C(F)(F)F. The van der Waals surface area contributed by atoms with E-state index in [-0.39, 0.29) is 0 Å². The number of carboxylic acid groups (broad SMARTS) is 1. The Balaban J connectivity index is 0.000000318. The first-order chi connectivity index (χ1) is 14.3. The molecule has 0 radical (unpaired) electrons. The smallest absolute Gasteiger partial charge is 0.475 e. The van der Waals surface area contributed by atoms with Crippen LogP contribution in [0.4, 0.5) is 13.2 Å². The van der Waals surface area contributed by atoms with Crippen molar-refractivity contribution in [3.8, 4) is 0 Å². The standard InChI is InChI=1S/C18H25N3O2.C2HF3O2/c1-2-22-13-16-9-20(7-15-5-6-23-12-15)11-18-17(16)10-21(19-18)8-14-3-4-14;3-2(4,5)1(6)7/h5-6,10,12,14,16H,2-4,7-9,11,13H2,1H3;(H,6,7). The van der Waals surface area contributed by atoms with Crippen molar-refractivity contribution in [1.29, 1.82) is 0 Å². The van der Waals surface area contributed by atoms with Crippen LogP contribution in [0.15, 0.2) is 29.2 Å². The number of hydrogen-bond acceptors (Lipinski definition) is 5. The maximum Gasteiger partial charge on any atom is 0.490 e. The first kappa shape index (κ1) is 22.4. The van der Waals surface area contributed by atoms with Crippen molar-refractivity contribution >= 4 is 5.97 Å². The zero-order chi connectivity index (χ0) is 21.7. The summed E-state index contributed by atoms with van der Waals surface area (Å²) in [6.45, 7) is 7.53. The van der Waals surface area contributed by atoms with Crippen LogP contribution in [0.5, 0.6) is 0 Å². The summed E-state index contributed by atoms with van der Waals surface area (Å²) < 4.78 is 44.8. The monoisotopic (exact) mass is 429 g/mol. The maximum atomic E-state index is 10.6. The number of rotatable bonds is 7. The molecule has 7 nitrogen and oxygen atoms in total. The van der Waals surface area contributed by atoms with Crippen LogP contribution in [0, 0.1) is 5.92 Å². The van der Waals surface area contributed by atoms with Gasteiger partial charge in [-0.05, 0) is 31.7 Å². The van der Waals surface area contributed by atoms with E-state index >= 15 is 0 Å². The minimum absolute atomic E-state index is 0.415. The summed E-state index contributed by atoms with van der Waals surface area (Å²) >= 11 is 0. The lowest BCUT2D eigenvalue weighted by atomic mass is 9.95. The fraction of sp³-hybridized carbons (Fsp3) is 0.600. The molecule has 0 spiro atoms. The second-order valence-corrected chi connectivity index (χ2v) is 7.66. The molecule has 4 rings (SSSR count). The summed E-state index contributed by atoms with van der Waals surface area (Å²) in [6.07, 6.45) is 3.48. The van der Waals surface area contributed by atoms with Gasteiger partial charge < -0.3 is 14.3 Å². The zero-order valence-electron chi connectivity index (χ0n) is 16.8. The van der Waals surface area contributed by atoms with Gasteiger partial charge in [0.25, 0.3) is 0 Å². The molecule has 1 unspecified atom stereocenters. The van der Waals surface area contributed by atoms with E-state index < -0.39 is 12.1 Å². The van der Waals surface area contributed by atoms with Crippen molar-refractivity contribution in [2.45, 2.75) is 51.5 Å². The Labute approximate surface area is 172 Å². The number of alkyl halides is 3. The molecule has 0 aromatic carbocycles. The number of nitrogens with zero attached hydrogens (tertiary/aromatic N) is 3. The Morgan fingerprint density at radius 2 is 2.13 bits per heavy atom. The van der Waals surface area contributed by atoms with E-state index in [0.717, 1.165) is 45.3 Å². The van der Waals surface area contributed by atoms with Crippen LogP contribution >= 0.6 is 0 Å². The van der Waals surface area contributed by atoms with Crippen molar-refractivity contribution < 1.29 is 32.2 Å². The van der Waals surface area contributed by atoms with Gasteiger partial charge >= 0.3 is 12.1 Å². The molecule has 1 aliphatic heterocycles. The van der Waals surface area contributed by atoms with E-state index in [9.17, 15) is 13.2 Å². The summed E-state index contributed by atoms with van der Waals surface area (Å²) in [5.74, 6) is -1.49. The van der Waals surface area contributed by atoms with Crippen LogP contribution in [0.25, 0.3) is 0 Å². The van der Waals surface area contributed by atoms with E-state index in [0.29, 0.717) is 5.92 Å². The van der Waals surface area contributed by atoms with E-state index in [1.54, 1.807) is 6.26 Å². The van der Waals surface area contributed by atoms with Gasteiger partial charge in [0.1, 0.15) is 0 Å². The van der Waals surface area contributed by atoms with Gasteiger partial charge in [-0.25, -0.2) is 4.79 Å². The first-order valence-electron chi connectivity index (χ1n) is 9.93. The minimum Gasteiger partial charge on any atom is -0.475 e. The molecule has 0 saturated heterocycles. The van der Waals surface area contributed by atoms with Crippen molar-refractivity contribution in [3.63, 3.8) is 0 Å². The molecule has 10 heteroatoms. The van der Waals surface area contributed by atoms with Crippen LogP contribution in [0.2, 0.25) is 0 Å². The number of aliphatic carboxylic acids is 1. The maximum absolute atomic E-state index is 10.6. The van der Waals surface area contributed by atoms with Crippen molar-refractivity contribution in [2.24, 2.45) is 5.92 Å². The van der Waals surface area contributed by atoms with Crippen molar-refractivity contribution in [3.05, 3.63) is 41.6 Å². The number of hydrogen-bond donors (Lipinski definition) is 1. The van der Waals surface area contributed by atoms with Gasteiger partial charge in [0.2, 0.25) is 0 Å². The van der Waals surface area contributed by atoms with Gasteiger partial charge in [-0.3, -0.25) is 9.58 Å². The summed E-state index contributed by atoms with van der Waals surface area (Å²) in [7, 11) is 0. The number of fused-ring (bicyclic) bond motifs is 1. The highest BCUT2D eigenvalue weighted by Gasteiger charge is 2.38. The summed E-state index contributed by atoms with van der Waals surface area (Å²) in [5.41, 5.74) is 3.84. The van der Waals surface area contributed by atoms with Crippen LogP contribution in [-0.2, 0) is 29.2 Å². The molecule has 166 valence electrons. The highest BCUT2D eigenvalue weighted by atomic mass is 19.4. The lowest BCUT2D eigenvalue weighted by Gasteiger charge is -2.31. The van der Waals surface area contributed by atoms with Crippen LogP contribution in [0.1, 0.15) is 42.5 Å². The van der Waals surface area contributed by atoms with Gasteiger partial charge in [-0.2, -0.15) is 18.3 Å². The van der Waals surface area contributed by atoms with E-state index in [2.05, 4.69) is 22.7 Å². The molecule has 30 heavy (non-hydrogen) atoms. The molecular weight excluding hydrogens is 403 g/mol. The average Bonchev–Trinajstić information content (AvgIpc) is 3.16. The van der Waals surface area contributed by atoms with Crippen LogP contribution < -0.4 is 0 Å². The predicted octanol–water partition coefficient (Wildman–Crippen LogP) is 3.66. The van der Waals surface area contributed by atoms with E-state index in [1.807, 2.05) is 12.3 Å². The highest BCUT2D eigenvalue weighted by molar-refractivity contribution is 5.73. The Morgan fingerprint density at radius 3 is 2.70 bits per heavy atom. The molecule has 1 atom stereocenters. The van der Waals surface area contributed by atoms with Gasteiger partial charge in [-0.1, -0.05) is 0 Å². The van der Waals surface area contributed by atoms with Gasteiger partial charge in [0, 0.05) is 56.0 Å². The summed E-state index contributed by atoms with van der Waals surface area (Å²) in [5, 5.41) is 12.0. The fourth-order valence-corrected chi connectivity index (χ4v) is 3.45. The molecule has 0 amide bonds. The van der Waals surface area contributed by atoms with Crippen LogP contribution in [-0.4, -0.2) is 51.7 Å². The molecule has 0 bridgehead atoms. The third-order valence-electron chi connectivity index (χ3n) is 5.06. The second-order valence-electron chi connectivity index (χ2n) is 7.66. The predicted molar refractivity (Wildman–Crippen MR) is 101 cm³/mol. The molecule has 1 aliphatic carbocycles. The fourth-order valence-electron chi connectivity index (χ4n) is 3.45. The Kier molecular flexibility index (Phi) is 7.19. The Bertz CT molecular complexity index is 816. The van der Waals surface area contributed by atoms with E-state index in [1.165, 1.54) is 29.7 Å². The average molecular weight is 429 g/mol. The Hall–Kier alpha value is -2.33. The number of ether oxygens (including phenoxy) is 1. The lowest BCUT2D eigenvalue weighted by molar-refractivity contribution is -0.192. The van der Waals surface area contributed by atoms with Gasteiger partial charge in [0.15, 0.2) is 0 Å². The zero-order valence-corrected chi connectivity index (χ0v) is 16.8. The topological polar surface area (TPSA) is 80.7 Å². The number of carbonyl (C=O) groups is 1. The first-order valence-corrected chi connectivity index (χ1v) is 9.93. The quantitative estimate of drug-likeness (QED) is 0.724. The third kappa shape index (κ3) is 6.33. The summed E-state index contributed by atoms with van der Waals surface area (Å²) in [4.78, 5) is 11.3. The number of halogens is 3. The molecule has 2 aromatic rings. The lowest BCUT2D eigenvalue weighted by Crippen LogP contribution is -2.34. The second kappa shape index (κ2) is 9.65. The minimum atomic E-state index is -5.08. The molecule has 3 heterocycles. The molecule has 2 aromatic heterocycles. The molecule has 2 aliphatic rings. The largest absolute Gasteiger partial charge is 0.490 e. The van der Waals surface area contributed by atoms with Crippen molar-refractivity contribution in [1.82, 2.24) is 14.7 Å². The molecule has 1 N–H and O–H groups in total. The number of carboxylic acids is 1. The molecule has 1 fully saturated rings. The summed E-state index contributed by atoms with van der Waals surface area (Å²) in [6, 6.07) is 2.04. The van der Waals surface area contributed by atoms with Crippen LogP contribution in [0.3, 0.4) is 0 Å². The number of aromatic nitrogens is 2. The number of furan rings is 1. The van der Waals surface area contributed by atoms with Gasteiger partial charge in [0.05, 0.1) is 24.8 Å². The third-order valence-corrected chi connectivity index (χ3v) is 5.06. The highest BCUT2D eigenvalue weighted by Crippen LogP contribution is 2.33. The molecule has 1 saturated carbocycles. The van der Waals surface area contributed by atoms with Gasteiger partial charge in [-0.15, -0.1) is 0 Å². The molecular formula is C20H26F3N3O4. The van der Waals surface area contributed by atoms with Crippen molar-refractivity contribution in [2.75, 3.05) is 19.8 Å².